The molecule has 0 saturated carbocycles. The topological polar surface area (TPSA) is 65.8 Å². The van der Waals surface area contributed by atoms with E-state index in [2.05, 4.69) is 23.6 Å². The van der Waals surface area contributed by atoms with Crippen molar-refractivity contribution >= 4 is 66.3 Å². The van der Waals surface area contributed by atoms with Crippen LogP contribution in [0.15, 0.2) is 31.1 Å². The van der Waals surface area contributed by atoms with Gasteiger partial charge in [-0.25, -0.2) is 4.98 Å². The van der Waals surface area contributed by atoms with E-state index in [0.717, 1.165) is 0 Å². The van der Waals surface area contributed by atoms with E-state index in [9.17, 15) is 4.79 Å². The summed E-state index contributed by atoms with van der Waals surface area (Å²) in [4.78, 5) is 15.0. The van der Waals surface area contributed by atoms with Gasteiger partial charge < -0.3 is 10.7 Å². The maximum Gasteiger partial charge on any atom is 0.163 e. The van der Waals surface area contributed by atoms with E-state index in [1.165, 1.54) is 13.1 Å². The highest BCUT2D eigenvalue weighted by Gasteiger charge is 2.04. The van der Waals surface area contributed by atoms with Crippen molar-refractivity contribution in [3.8, 4) is 0 Å². The van der Waals surface area contributed by atoms with E-state index in [1.807, 2.05) is 0 Å². The quantitative estimate of drug-likeness (QED) is 0.425. The number of ketones is 1. The molecule has 4 nitrogen and oxygen atoms in total. The first-order chi connectivity index (χ1) is 6.75. The van der Waals surface area contributed by atoms with Crippen LogP contribution in [-0.2, 0) is 0 Å². The fourth-order valence-corrected chi connectivity index (χ4v) is 0.901. The van der Waals surface area contributed by atoms with Crippen molar-refractivity contribution < 1.29 is 4.79 Å². The van der Waals surface area contributed by atoms with Crippen LogP contribution in [0.2, 0.25) is 0 Å². The molecule has 0 atom stereocenters. The highest BCUT2D eigenvalue weighted by molar-refractivity contribution is 14.0. The van der Waals surface area contributed by atoms with Crippen molar-refractivity contribution in [2.45, 2.75) is 6.92 Å². The maximum absolute atomic E-state index is 11.0. The average molecular weight is 447 g/mol. The number of hydrogen-bond acceptors (Lipinski definition) is 4. The number of rotatable bonds is 3. The van der Waals surface area contributed by atoms with E-state index in [1.54, 1.807) is 18.3 Å². The van der Waals surface area contributed by atoms with Gasteiger partial charge in [-0.05, 0) is 32.0 Å². The van der Waals surface area contributed by atoms with Crippen LogP contribution in [-0.4, -0.2) is 17.5 Å². The SMILES string of the molecule is C=CNc1ncccc1C(C)=O.C=N.I.I. The van der Waals surface area contributed by atoms with Gasteiger partial charge in [0.15, 0.2) is 5.78 Å². The summed E-state index contributed by atoms with van der Waals surface area (Å²) in [6.07, 6.45) is 3.12. The molecule has 0 amide bonds. The van der Waals surface area contributed by atoms with Gasteiger partial charge in [0.25, 0.3) is 0 Å². The van der Waals surface area contributed by atoms with Crippen molar-refractivity contribution in [1.29, 1.82) is 5.41 Å². The van der Waals surface area contributed by atoms with Gasteiger partial charge >= 0.3 is 0 Å². The largest absolute Gasteiger partial charge is 0.347 e. The number of hydrogen-bond donors (Lipinski definition) is 2. The summed E-state index contributed by atoms with van der Waals surface area (Å²) in [5, 5.41) is 8.29. The lowest BCUT2D eigenvalue weighted by atomic mass is 10.2. The van der Waals surface area contributed by atoms with Gasteiger partial charge in [-0.2, -0.15) is 0 Å². The van der Waals surface area contributed by atoms with Crippen LogP contribution < -0.4 is 5.32 Å². The second-order valence-corrected chi connectivity index (χ2v) is 2.30. The fourth-order valence-electron chi connectivity index (χ4n) is 0.901. The minimum absolute atomic E-state index is 0. The van der Waals surface area contributed by atoms with Gasteiger partial charge in [0.1, 0.15) is 5.82 Å². The molecule has 0 radical (unpaired) electrons. The summed E-state index contributed by atoms with van der Waals surface area (Å²) < 4.78 is 0. The first-order valence-corrected chi connectivity index (χ1v) is 3.94. The molecule has 6 heteroatoms. The van der Waals surface area contributed by atoms with Gasteiger partial charge in [0.2, 0.25) is 0 Å². The van der Waals surface area contributed by atoms with Gasteiger partial charge in [-0.15, -0.1) is 48.0 Å². The normalized spacial score (nSPS) is 7.06. The van der Waals surface area contributed by atoms with Gasteiger partial charge in [0, 0.05) is 6.20 Å². The molecule has 1 rings (SSSR count). The molecule has 16 heavy (non-hydrogen) atoms. The number of anilines is 1. The number of nitrogens with zero attached hydrogens (tertiary/aromatic N) is 1. The van der Waals surface area contributed by atoms with Crippen LogP contribution in [0.3, 0.4) is 0 Å². The molecule has 0 bridgehead atoms. The van der Waals surface area contributed by atoms with E-state index in [-0.39, 0.29) is 53.7 Å². The van der Waals surface area contributed by atoms with E-state index in [0.29, 0.717) is 11.4 Å². The summed E-state index contributed by atoms with van der Waals surface area (Å²) in [6.45, 7) is 7.50. The highest BCUT2D eigenvalue weighted by Crippen LogP contribution is 2.11. The number of aromatic nitrogens is 1. The second kappa shape index (κ2) is 12.6. The zero-order valence-corrected chi connectivity index (χ0v) is 13.6. The molecular formula is C10H15I2N3O. The third-order valence-electron chi connectivity index (χ3n) is 1.43. The van der Waals surface area contributed by atoms with Crippen LogP contribution in [0.25, 0.3) is 0 Å². The molecular weight excluding hydrogens is 432 g/mol. The fraction of sp³-hybridized carbons (Fsp3) is 0.100. The van der Waals surface area contributed by atoms with Gasteiger partial charge in [0.05, 0.1) is 5.56 Å². The number of carbonyl (C=O) groups excluding carboxylic acids is 1. The lowest BCUT2D eigenvalue weighted by molar-refractivity contribution is 0.101. The summed E-state index contributed by atoms with van der Waals surface area (Å²) in [5.41, 5.74) is 0.581. The maximum atomic E-state index is 11.0. The molecule has 90 valence electrons. The molecule has 2 N–H and O–H groups in total. The predicted molar refractivity (Wildman–Crippen MR) is 88.7 cm³/mol. The van der Waals surface area contributed by atoms with Crippen molar-refractivity contribution in [1.82, 2.24) is 4.98 Å². The summed E-state index contributed by atoms with van der Waals surface area (Å²) >= 11 is 0. The number of halogens is 2. The Morgan fingerprint density at radius 2 is 2.06 bits per heavy atom. The Kier molecular flexibility index (Phi) is 16.4. The van der Waals surface area contributed by atoms with Crippen molar-refractivity contribution in [2.75, 3.05) is 5.32 Å². The monoisotopic (exact) mass is 447 g/mol. The van der Waals surface area contributed by atoms with E-state index >= 15 is 0 Å². The number of Topliss-reactive ketones (excluding diaryl/α,β-unsaturated/α-hetero) is 1. The Morgan fingerprint density at radius 3 is 2.50 bits per heavy atom. The summed E-state index contributed by atoms with van der Waals surface area (Å²) in [6, 6.07) is 3.45. The highest BCUT2D eigenvalue weighted by atomic mass is 127. The first-order valence-electron chi connectivity index (χ1n) is 3.94. The van der Waals surface area contributed by atoms with Gasteiger partial charge in [-0.1, -0.05) is 6.58 Å². The van der Waals surface area contributed by atoms with Gasteiger partial charge in [-0.3, -0.25) is 4.79 Å². The van der Waals surface area contributed by atoms with Crippen LogP contribution >= 0.6 is 48.0 Å². The van der Waals surface area contributed by atoms with Crippen LogP contribution in [0, 0.1) is 5.41 Å². The Balaban J connectivity index is -0.000000399. The standard InChI is InChI=1S/C9H10N2O.CH3N.2HI/c1-3-10-9-8(7(2)12)5-4-6-11-9;1-2;;/h3-6H,1H2,2H3,(H,10,11);2H,1H2;2*1H. The average Bonchev–Trinajstić information content (AvgIpc) is 2.22. The first kappa shape index (κ1) is 20.8. The minimum Gasteiger partial charge on any atom is -0.347 e. The molecule has 0 spiro atoms. The summed E-state index contributed by atoms with van der Waals surface area (Å²) in [5.74, 6) is 0.549. The van der Waals surface area contributed by atoms with E-state index in [4.69, 9.17) is 5.41 Å². The summed E-state index contributed by atoms with van der Waals surface area (Å²) in [7, 11) is 0. The van der Waals surface area contributed by atoms with E-state index < -0.39 is 0 Å². The van der Waals surface area contributed by atoms with Crippen molar-refractivity contribution in [3.63, 3.8) is 0 Å². The molecule has 0 aromatic carbocycles. The Hall–Kier alpha value is -0.510. The molecule has 0 fully saturated rings. The number of nitrogens with one attached hydrogen (secondary N) is 2. The Bertz CT molecular complexity index is 332. The second-order valence-electron chi connectivity index (χ2n) is 2.30. The lowest BCUT2D eigenvalue weighted by Crippen LogP contribution is -2.00. The predicted octanol–water partition coefficient (Wildman–Crippen LogP) is 3.34. The molecule has 1 heterocycles. The number of carbonyl (C=O) groups is 1. The molecule has 0 unspecified atom stereocenters. The third-order valence-corrected chi connectivity index (χ3v) is 1.43. The zero-order chi connectivity index (χ0) is 11.0. The minimum atomic E-state index is -0.00699. The molecule has 0 aliphatic heterocycles. The zero-order valence-electron chi connectivity index (χ0n) is 8.90. The smallest absolute Gasteiger partial charge is 0.163 e. The van der Waals surface area contributed by atoms with Crippen LogP contribution in [0.1, 0.15) is 17.3 Å². The van der Waals surface area contributed by atoms with Crippen LogP contribution in [0.4, 0.5) is 5.82 Å². The Labute approximate surface area is 129 Å². The molecule has 1 aromatic heterocycles. The Morgan fingerprint density at radius 1 is 1.50 bits per heavy atom. The van der Waals surface area contributed by atoms with Crippen molar-refractivity contribution in [2.24, 2.45) is 0 Å². The van der Waals surface area contributed by atoms with Crippen LogP contribution in [0.5, 0.6) is 0 Å². The molecule has 1 aromatic rings. The molecule has 0 aliphatic carbocycles. The van der Waals surface area contributed by atoms with Crippen molar-refractivity contribution in [3.05, 3.63) is 36.7 Å². The number of pyridine rings is 1. The third kappa shape index (κ3) is 6.88. The molecule has 0 aliphatic rings. The lowest BCUT2D eigenvalue weighted by Gasteiger charge is -2.03. The molecule has 0 saturated heterocycles.